The Morgan fingerprint density at radius 1 is 0.750 bits per heavy atom. The largest absolute Gasteiger partial charge is 0.257 e. The van der Waals surface area contributed by atoms with Crippen LogP contribution in [0.4, 0.5) is 10.1 Å². The van der Waals surface area contributed by atoms with Gasteiger partial charge in [-0.05, 0) is 52.2 Å². The van der Waals surface area contributed by atoms with Gasteiger partial charge in [-0.3, -0.25) is 5.01 Å². The molecule has 136 valence electrons. The van der Waals surface area contributed by atoms with E-state index in [-0.39, 0.29) is 11.9 Å². The maximum atomic E-state index is 13.4. The van der Waals surface area contributed by atoms with Crippen molar-refractivity contribution in [2.24, 2.45) is 5.10 Å². The number of hydrogen-bond acceptors (Lipinski definition) is 2. The zero-order chi connectivity index (χ0) is 18.9. The maximum absolute atomic E-state index is 13.4. The fourth-order valence-corrected chi connectivity index (χ4v) is 3.82. The average molecular weight is 366 g/mol. The van der Waals surface area contributed by atoms with Gasteiger partial charge in [-0.2, -0.15) is 5.10 Å². The summed E-state index contributed by atoms with van der Waals surface area (Å²) in [6.07, 6.45) is 0.777. The minimum atomic E-state index is -0.219. The Morgan fingerprint density at radius 2 is 1.46 bits per heavy atom. The summed E-state index contributed by atoms with van der Waals surface area (Å²) in [5.41, 5.74) is 4.27. The van der Waals surface area contributed by atoms with Crippen LogP contribution in [0.5, 0.6) is 0 Å². The van der Waals surface area contributed by atoms with Gasteiger partial charge >= 0.3 is 0 Å². The topological polar surface area (TPSA) is 15.6 Å². The summed E-state index contributed by atoms with van der Waals surface area (Å²) in [6, 6.07) is 31.8. The lowest BCUT2D eigenvalue weighted by molar-refractivity contribution is 0.624. The van der Waals surface area contributed by atoms with Crippen molar-refractivity contribution in [1.29, 1.82) is 0 Å². The van der Waals surface area contributed by atoms with Crippen molar-refractivity contribution in [3.05, 3.63) is 114 Å². The lowest BCUT2D eigenvalue weighted by atomic mass is 9.97. The molecular weight excluding hydrogens is 347 g/mol. The second kappa shape index (κ2) is 6.93. The standard InChI is InChI=1S/C25H19FN2/c26-22-14-12-19(13-15-22)25-17-24(27-28(25)23-8-2-1-3-9-23)21-11-10-18-6-4-5-7-20(18)16-21/h1-16,25H,17H2/t25-/m0/s1. The molecule has 0 aromatic heterocycles. The van der Waals surface area contributed by atoms with Crippen LogP contribution in [0.15, 0.2) is 102 Å². The summed E-state index contributed by atoms with van der Waals surface area (Å²) in [5, 5.41) is 9.45. The number of benzene rings is 4. The van der Waals surface area contributed by atoms with Gasteiger partial charge in [0.15, 0.2) is 0 Å². The van der Waals surface area contributed by atoms with Gasteiger partial charge in [-0.25, -0.2) is 4.39 Å². The van der Waals surface area contributed by atoms with Gasteiger partial charge in [0, 0.05) is 6.42 Å². The molecule has 1 aliphatic rings. The minimum absolute atomic E-state index is 0.0458. The highest BCUT2D eigenvalue weighted by Crippen LogP contribution is 2.37. The molecule has 0 radical (unpaired) electrons. The van der Waals surface area contributed by atoms with E-state index in [1.54, 1.807) is 0 Å². The van der Waals surface area contributed by atoms with Gasteiger partial charge < -0.3 is 0 Å². The first kappa shape index (κ1) is 16.7. The normalized spacial score (nSPS) is 16.4. The van der Waals surface area contributed by atoms with Crippen LogP contribution in [0.3, 0.4) is 0 Å². The van der Waals surface area contributed by atoms with E-state index in [4.69, 9.17) is 5.10 Å². The molecule has 0 N–H and O–H groups in total. The predicted octanol–water partition coefficient (Wildman–Crippen LogP) is 6.33. The Hall–Kier alpha value is -3.46. The van der Waals surface area contributed by atoms with Crippen molar-refractivity contribution in [2.75, 3.05) is 5.01 Å². The van der Waals surface area contributed by atoms with Crippen LogP contribution in [0.25, 0.3) is 10.8 Å². The molecule has 0 fully saturated rings. The second-order valence-electron chi connectivity index (χ2n) is 7.06. The molecule has 0 saturated heterocycles. The molecule has 4 aromatic rings. The van der Waals surface area contributed by atoms with Crippen LogP contribution in [0.1, 0.15) is 23.6 Å². The van der Waals surface area contributed by atoms with E-state index >= 15 is 0 Å². The number of para-hydroxylation sites is 1. The lowest BCUT2D eigenvalue weighted by Gasteiger charge is -2.23. The monoisotopic (exact) mass is 366 g/mol. The first-order chi connectivity index (χ1) is 13.8. The van der Waals surface area contributed by atoms with Crippen molar-refractivity contribution in [2.45, 2.75) is 12.5 Å². The van der Waals surface area contributed by atoms with Gasteiger partial charge in [0.1, 0.15) is 5.82 Å². The molecule has 5 rings (SSSR count). The van der Waals surface area contributed by atoms with E-state index < -0.39 is 0 Å². The quantitative estimate of drug-likeness (QED) is 0.413. The third kappa shape index (κ3) is 3.05. The smallest absolute Gasteiger partial charge is 0.123 e. The highest BCUT2D eigenvalue weighted by atomic mass is 19.1. The molecule has 4 aromatic carbocycles. The minimum Gasteiger partial charge on any atom is -0.257 e. The number of hydrogen-bond donors (Lipinski definition) is 0. The molecule has 0 saturated carbocycles. The maximum Gasteiger partial charge on any atom is 0.123 e. The molecule has 1 heterocycles. The van der Waals surface area contributed by atoms with E-state index in [0.717, 1.165) is 28.9 Å². The number of anilines is 1. The summed E-state index contributed by atoms with van der Waals surface area (Å²) in [6.45, 7) is 0. The number of rotatable bonds is 3. The van der Waals surface area contributed by atoms with Crippen LogP contribution in [-0.2, 0) is 0 Å². The van der Waals surface area contributed by atoms with E-state index in [9.17, 15) is 4.39 Å². The first-order valence-electron chi connectivity index (χ1n) is 9.44. The van der Waals surface area contributed by atoms with Gasteiger partial charge in [-0.15, -0.1) is 0 Å². The Morgan fingerprint density at radius 3 is 2.25 bits per heavy atom. The van der Waals surface area contributed by atoms with Crippen LogP contribution >= 0.6 is 0 Å². The molecule has 0 bridgehead atoms. The van der Waals surface area contributed by atoms with E-state index in [1.807, 2.05) is 30.3 Å². The van der Waals surface area contributed by atoms with Gasteiger partial charge in [0.25, 0.3) is 0 Å². The predicted molar refractivity (Wildman–Crippen MR) is 113 cm³/mol. The third-order valence-electron chi connectivity index (χ3n) is 5.27. The van der Waals surface area contributed by atoms with E-state index in [2.05, 4.69) is 59.6 Å². The van der Waals surface area contributed by atoms with Crippen molar-refractivity contribution in [3.63, 3.8) is 0 Å². The number of fused-ring (bicyclic) bond motifs is 1. The summed E-state index contributed by atoms with van der Waals surface area (Å²) >= 11 is 0. The lowest BCUT2D eigenvalue weighted by Crippen LogP contribution is -2.18. The molecule has 2 nitrogen and oxygen atoms in total. The average Bonchev–Trinajstić information content (AvgIpc) is 3.20. The van der Waals surface area contributed by atoms with E-state index in [0.29, 0.717) is 0 Å². The molecule has 1 aliphatic heterocycles. The van der Waals surface area contributed by atoms with Crippen molar-refractivity contribution >= 4 is 22.2 Å². The molecule has 1 atom stereocenters. The van der Waals surface area contributed by atoms with Gasteiger partial charge in [-0.1, -0.05) is 66.7 Å². The van der Waals surface area contributed by atoms with Gasteiger partial charge in [0.2, 0.25) is 0 Å². The summed E-state index contributed by atoms with van der Waals surface area (Å²) in [4.78, 5) is 0. The highest BCUT2D eigenvalue weighted by molar-refractivity contribution is 6.05. The molecule has 0 spiro atoms. The SMILES string of the molecule is Fc1ccc([C@@H]2CC(c3ccc4ccccc4c3)=NN2c2ccccc2)cc1. The fourth-order valence-electron chi connectivity index (χ4n) is 3.82. The summed E-state index contributed by atoms with van der Waals surface area (Å²) < 4.78 is 13.4. The molecule has 0 amide bonds. The fraction of sp³-hybridized carbons (Fsp3) is 0.0800. The Bertz CT molecular complexity index is 1150. The first-order valence-corrected chi connectivity index (χ1v) is 9.44. The van der Waals surface area contributed by atoms with Crippen molar-refractivity contribution in [1.82, 2.24) is 0 Å². The zero-order valence-electron chi connectivity index (χ0n) is 15.3. The molecule has 0 unspecified atom stereocenters. The van der Waals surface area contributed by atoms with Crippen LogP contribution in [-0.4, -0.2) is 5.71 Å². The molecular formula is C25H19FN2. The van der Waals surface area contributed by atoms with E-state index in [1.165, 1.54) is 22.9 Å². The number of halogens is 1. The number of hydrazone groups is 1. The third-order valence-corrected chi connectivity index (χ3v) is 5.27. The Balaban J connectivity index is 1.57. The summed E-state index contributed by atoms with van der Waals surface area (Å²) in [5.74, 6) is -0.219. The summed E-state index contributed by atoms with van der Waals surface area (Å²) in [7, 11) is 0. The molecule has 28 heavy (non-hydrogen) atoms. The van der Waals surface area contributed by atoms with Crippen LogP contribution in [0, 0.1) is 5.82 Å². The highest BCUT2D eigenvalue weighted by Gasteiger charge is 2.29. The number of nitrogens with zero attached hydrogens (tertiary/aromatic N) is 2. The van der Waals surface area contributed by atoms with Crippen LogP contribution < -0.4 is 5.01 Å². The van der Waals surface area contributed by atoms with Gasteiger partial charge in [0.05, 0.1) is 17.4 Å². The molecule has 3 heteroatoms. The Kier molecular flexibility index (Phi) is 4.13. The zero-order valence-corrected chi connectivity index (χ0v) is 15.3. The van der Waals surface area contributed by atoms with Crippen molar-refractivity contribution in [3.8, 4) is 0 Å². The van der Waals surface area contributed by atoms with Crippen molar-refractivity contribution < 1.29 is 4.39 Å². The van der Waals surface area contributed by atoms with Crippen LogP contribution in [0.2, 0.25) is 0 Å². The Labute approximate surface area is 163 Å². The second-order valence-corrected chi connectivity index (χ2v) is 7.06. The molecule has 0 aliphatic carbocycles.